The Balaban J connectivity index is 2.06. The van der Waals surface area contributed by atoms with Crippen LogP contribution in [0.25, 0.3) is 0 Å². The first-order valence-corrected chi connectivity index (χ1v) is 6.77. The number of hydrogen-bond donors (Lipinski definition) is 1. The smallest absolute Gasteiger partial charge is 0.240 e. The molecule has 1 saturated heterocycles. The average molecular weight is 316 g/mol. The molecule has 100 valence electrons. The van der Waals surface area contributed by atoms with E-state index in [-0.39, 0.29) is 11.9 Å². The predicted octanol–water partition coefficient (Wildman–Crippen LogP) is 0.904. The molecular formula is C12H18BrN3O2. The van der Waals surface area contributed by atoms with Gasteiger partial charge >= 0.3 is 0 Å². The highest BCUT2D eigenvalue weighted by molar-refractivity contribution is 9.10. The van der Waals surface area contributed by atoms with Crippen molar-refractivity contribution >= 4 is 21.8 Å². The number of halogens is 1. The van der Waals surface area contributed by atoms with Gasteiger partial charge in [0.2, 0.25) is 5.91 Å². The van der Waals surface area contributed by atoms with Crippen molar-refractivity contribution in [3.8, 4) is 0 Å². The molecule has 1 fully saturated rings. The van der Waals surface area contributed by atoms with Crippen LogP contribution < -0.4 is 5.32 Å². The summed E-state index contributed by atoms with van der Waals surface area (Å²) in [5, 5.41) is 3.26. The van der Waals surface area contributed by atoms with E-state index in [1.54, 1.807) is 19.0 Å². The zero-order valence-electron chi connectivity index (χ0n) is 10.6. The van der Waals surface area contributed by atoms with Crippen LogP contribution in [0.15, 0.2) is 21.2 Å². The van der Waals surface area contributed by atoms with Crippen LogP contribution in [0.4, 0.5) is 0 Å². The second-order valence-corrected chi connectivity index (χ2v) is 5.41. The van der Waals surface area contributed by atoms with Crippen molar-refractivity contribution < 1.29 is 9.21 Å². The van der Waals surface area contributed by atoms with Gasteiger partial charge in [-0.25, -0.2) is 0 Å². The summed E-state index contributed by atoms with van der Waals surface area (Å²) in [6, 6.07) is 3.70. The molecule has 2 heterocycles. The Kier molecular flexibility index (Phi) is 4.42. The van der Waals surface area contributed by atoms with Crippen molar-refractivity contribution in [2.24, 2.45) is 0 Å². The van der Waals surface area contributed by atoms with Gasteiger partial charge in [-0.05, 0) is 28.1 Å². The number of rotatable bonds is 3. The molecule has 1 aliphatic heterocycles. The molecule has 0 aliphatic carbocycles. The van der Waals surface area contributed by atoms with Gasteiger partial charge in [0, 0.05) is 33.7 Å². The molecule has 1 aromatic heterocycles. The molecule has 5 nitrogen and oxygen atoms in total. The van der Waals surface area contributed by atoms with Crippen LogP contribution in [0.5, 0.6) is 0 Å². The lowest BCUT2D eigenvalue weighted by atomic mass is 10.1. The molecule has 0 bridgehead atoms. The van der Waals surface area contributed by atoms with Gasteiger partial charge in [0.1, 0.15) is 11.8 Å². The lowest BCUT2D eigenvalue weighted by Gasteiger charge is -2.35. The lowest BCUT2D eigenvalue weighted by molar-refractivity contribution is -0.135. The van der Waals surface area contributed by atoms with Crippen LogP contribution >= 0.6 is 15.9 Å². The third-order valence-electron chi connectivity index (χ3n) is 3.07. The zero-order chi connectivity index (χ0) is 13.1. The third kappa shape index (κ3) is 3.13. The first-order chi connectivity index (χ1) is 8.58. The molecule has 0 spiro atoms. The molecule has 1 N–H and O–H groups in total. The van der Waals surface area contributed by atoms with E-state index in [4.69, 9.17) is 4.42 Å². The van der Waals surface area contributed by atoms with E-state index in [2.05, 4.69) is 26.1 Å². The van der Waals surface area contributed by atoms with Crippen molar-refractivity contribution in [2.75, 3.05) is 33.7 Å². The number of carbonyl (C=O) groups is 1. The molecule has 2 rings (SSSR count). The molecule has 0 radical (unpaired) electrons. The predicted molar refractivity (Wildman–Crippen MR) is 72.2 cm³/mol. The van der Waals surface area contributed by atoms with Gasteiger partial charge in [-0.3, -0.25) is 9.69 Å². The number of furan rings is 1. The molecule has 1 amide bonds. The Morgan fingerprint density at radius 2 is 2.39 bits per heavy atom. The Bertz CT molecular complexity index is 419. The van der Waals surface area contributed by atoms with Gasteiger partial charge < -0.3 is 14.6 Å². The number of piperazine rings is 1. The molecule has 0 saturated carbocycles. The maximum Gasteiger partial charge on any atom is 0.240 e. The monoisotopic (exact) mass is 315 g/mol. The molecule has 1 aromatic rings. The molecule has 1 aliphatic rings. The van der Waals surface area contributed by atoms with E-state index in [9.17, 15) is 4.79 Å². The van der Waals surface area contributed by atoms with E-state index in [1.807, 2.05) is 12.1 Å². The summed E-state index contributed by atoms with van der Waals surface area (Å²) in [4.78, 5) is 15.9. The number of carbonyl (C=O) groups excluding carboxylic acids is 1. The molecule has 1 unspecified atom stereocenters. The third-order valence-corrected chi connectivity index (χ3v) is 3.49. The summed E-state index contributed by atoms with van der Waals surface area (Å²) in [7, 11) is 3.58. The van der Waals surface area contributed by atoms with Crippen LogP contribution in [-0.2, 0) is 11.3 Å². The molecule has 18 heavy (non-hydrogen) atoms. The van der Waals surface area contributed by atoms with E-state index in [0.29, 0.717) is 13.1 Å². The molecule has 1 atom stereocenters. The highest BCUT2D eigenvalue weighted by Crippen LogP contribution is 2.17. The summed E-state index contributed by atoms with van der Waals surface area (Å²) in [5.74, 6) is 1.01. The maximum absolute atomic E-state index is 12.1. The van der Waals surface area contributed by atoms with Crippen molar-refractivity contribution in [3.63, 3.8) is 0 Å². The van der Waals surface area contributed by atoms with Gasteiger partial charge in [-0.15, -0.1) is 0 Å². The first-order valence-electron chi connectivity index (χ1n) is 5.98. The fourth-order valence-electron chi connectivity index (χ4n) is 2.11. The molecule has 6 heteroatoms. The summed E-state index contributed by atoms with van der Waals surface area (Å²) >= 11 is 3.29. The molecule has 0 aromatic carbocycles. The highest BCUT2D eigenvalue weighted by Gasteiger charge is 2.30. The normalized spacial score (nSPS) is 20.9. The Morgan fingerprint density at radius 3 is 3.00 bits per heavy atom. The topological polar surface area (TPSA) is 48.7 Å². The molecular weight excluding hydrogens is 298 g/mol. The number of nitrogens with one attached hydrogen (secondary N) is 1. The summed E-state index contributed by atoms with van der Waals surface area (Å²) < 4.78 is 6.23. The van der Waals surface area contributed by atoms with Gasteiger partial charge in [-0.1, -0.05) is 0 Å². The standard InChI is InChI=1S/C12H18BrN3O2/c1-15(2)12(17)10-7-14-5-6-16(10)8-9-3-4-11(13)18-9/h3-4,10,14H,5-8H2,1-2H3. The van der Waals surface area contributed by atoms with E-state index >= 15 is 0 Å². The van der Waals surface area contributed by atoms with E-state index in [0.717, 1.165) is 23.5 Å². The fourth-order valence-corrected chi connectivity index (χ4v) is 2.45. The first kappa shape index (κ1) is 13.6. The average Bonchev–Trinajstić information content (AvgIpc) is 2.74. The number of amides is 1. The minimum Gasteiger partial charge on any atom is -0.453 e. The van der Waals surface area contributed by atoms with Crippen molar-refractivity contribution in [3.05, 3.63) is 22.6 Å². The Labute approximate surface area is 115 Å². The Hall–Kier alpha value is -0.850. The van der Waals surface area contributed by atoms with E-state index < -0.39 is 0 Å². The number of nitrogens with zero attached hydrogens (tertiary/aromatic N) is 2. The van der Waals surface area contributed by atoms with Crippen LogP contribution in [0, 0.1) is 0 Å². The summed E-state index contributed by atoms with van der Waals surface area (Å²) in [5.41, 5.74) is 0. The highest BCUT2D eigenvalue weighted by atomic mass is 79.9. The lowest BCUT2D eigenvalue weighted by Crippen LogP contribution is -2.57. The van der Waals surface area contributed by atoms with Crippen molar-refractivity contribution in [1.82, 2.24) is 15.1 Å². The maximum atomic E-state index is 12.1. The largest absolute Gasteiger partial charge is 0.453 e. The second kappa shape index (κ2) is 5.86. The van der Waals surface area contributed by atoms with Crippen LogP contribution in [-0.4, -0.2) is 55.5 Å². The van der Waals surface area contributed by atoms with Gasteiger partial charge in [0.05, 0.1) is 6.54 Å². The quantitative estimate of drug-likeness (QED) is 0.900. The summed E-state index contributed by atoms with van der Waals surface area (Å²) in [6.07, 6.45) is 0. The minimum absolute atomic E-state index is 0.113. The van der Waals surface area contributed by atoms with Crippen LogP contribution in [0.1, 0.15) is 5.76 Å². The van der Waals surface area contributed by atoms with Crippen LogP contribution in [0.2, 0.25) is 0 Å². The van der Waals surface area contributed by atoms with Gasteiger partial charge in [0.25, 0.3) is 0 Å². The van der Waals surface area contributed by atoms with Gasteiger partial charge in [-0.2, -0.15) is 0 Å². The minimum atomic E-state index is -0.113. The SMILES string of the molecule is CN(C)C(=O)C1CNCCN1Cc1ccc(Br)o1. The fraction of sp³-hybridized carbons (Fsp3) is 0.583. The Morgan fingerprint density at radius 1 is 1.61 bits per heavy atom. The van der Waals surface area contributed by atoms with Gasteiger partial charge in [0.15, 0.2) is 4.67 Å². The van der Waals surface area contributed by atoms with Crippen molar-refractivity contribution in [1.29, 1.82) is 0 Å². The number of likely N-dealkylation sites (N-methyl/N-ethyl adjacent to an activating group) is 1. The summed E-state index contributed by atoms with van der Waals surface area (Å²) in [6.45, 7) is 3.11. The second-order valence-electron chi connectivity index (χ2n) is 4.63. The van der Waals surface area contributed by atoms with Crippen LogP contribution in [0.3, 0.4) is 0 Å². The van der Waals surface area contributed by atoms with E-state index in [1.165, 1.54) is 0 Å². The number of hydrogen-bond acceptors (Lipinski definition) is 4. The van der Waals surface area contributed by atoms with Crippen molar-refractivity contribution in [2.45, 2.75) is 12.6 Å². The zero-order valence-corrected chi connectivity index (χ0v) is 12.2.